The Morgan fingerprint density at radius 2 is 1.84 bits per heavy atom. The van der Waals surface area contributed by atoms with Gasteiger partial charge in [0.25, 0.3) is 0 Å². The molecule has 8 heteroatoms. The van der Waals surface area contributed by atoms with Crippen LogP contribution in [-0.2, 0) is 12.6 Å². The highest BCUT2D eigenvalue weighted by molar-refractivity contribution is 5.89. The molecule has 2 aromatic carbocycles. The molecular formula is C24H27F3N4O. The van der Waals surface area contributed by atoms with Gasteiger partial charge in [0.15, 0.2) is 0 Å². The van der Waals surface area contributed by atoms with E-state index in [1.165, 1.54) is 0 Å². The average molecular weight is 445 g/mol. The number of nitrogens with one attached hydrogen (secondary N) is 2. The standard InChI is InChI=1S/C24H27F3N4O/c25-24(26,27)21-7-5-18(6-8-21)15-19-9-13-31(14-10-19)12-2-11-29-23(32)30-22-4-1-3-20(16-22)17-28/h1,3-8,16,19H,2,9-15H2,(H2,29,30,32). The lowest BCUT2D eigenvalue weighted by atomic mass is 9.90. The third-order valence-corrected chi connectivity index (χ3v) is 5.70. The number of carbonyl (C=O) groups is 1. The molecule has 0 radical (unpaired) electrons. The smallest absolute Gasteiger partial charge is 0.338 e. The SMILES string of the molecule is N#Cc1cccc(NC(=O)NCCCN2CCC(Cc3ccc(C(F)(F)F)cc3)CC2)c1. The maximum atomic E-state index is 12.7. The number of benzene rings is 2. The lowest BCUT2D eigenvalue weighted by Crippen LogP contribution is -2.37. The average Bonchev–Trinajstić information content (AvgIpc) is 2.78. The summed E-state index contributed by atoms with van der Waals surface area (Å²) >= 11 is 0. The van der Waals surface area contributed by atoms with Crippen molar-refractivity contribution in [1.82, 2.24) is 10.2 Å². The molecule has 0 aliphatic carbocycles. The van der Waals surface area contributed by atoms with Gasteiger partial charge in [-0.15, -0.1) is 0 Å². The van der Waals surface area contributed by atoms with Gasteiger partial charge < -0.3 is 15.5 Å². The molecule has 170 valence electrons. The summed E-state index contributed by atoms with van der Waals surface area (Å²) in [5.41, 5.74) is 1.42. The number of amides is 2. The Balaban J connectivity index is 1.30. The van der Waals surface area contributed by atoms with E-state index in [4.69, 9.17) is 5.26 Å². The molecule has 3 rings (SSSR count). The molecule has 0 aromatic heterocycles. The highest BCUT2D eigenvalue weighted by Gasteiger charge is 2.30. The molecule has 1 heterocycles. The van der Waals surface area contributed by atoms with Crippen LogP contribution >= 0.6 is 0 Å². The van der Waals surface area contributed by atoms with Crippen LogP contribution in [0.15, 0.2) is 48.5 Å². The van der Waals surface area contributed by atoms with Crippen LogP contribution in [0.4, 0.5) is 23.7 Å². The fraction of sp³-hybridized carbons (Fsp3) is 0.417. The van der Waals surface area contributed by atoms with Gasteiger partial charge in [-0.3, -0.25) is 0 Å². The second-order valence-electron chi connectivity index (χ2n) is 8.11. The zero-order chi connectivity index (χ0) is 23.0. The molecule has 0 unspecified atom stereocenters. The molecule has 0 bridgehead atoms. The Bertz CT molecular complexity index is 929. The van der Waals surface area contributed by atoms with Crippen molar-refractivity contribution in [2.24, 2.45) is 5.92 Å². The van der Waals surface area contributed by atoms with Gasteiger partial charge in [0, 0.05) is 12.2 Å². The van der Waals surface area contributed by atoms with Gasteiger partial charge in [-0.2, -0.15) is 18.4 Å². The highest BCUT2D eigenvalue weighted by atomic mass is 19.4. The summed E-state index contributed by atoms with van der Waals surface area (Å²) in [6.07, 6.45) is -0.619. The summed E-state index contributed by atoms with van der Waals surface area (Å²) in [4.78, 5) is 14.3. The molecule has 1 aliphatic heterocycles. The van der Waals surface area contributed by atoms with E-state index in [1.54, 1.807) is 36.4 Å². The quantitative estimate of drug-likeness (QED) is 0.588. The summed E-state index contributed by atoms with van der Waals surface area (Å²) in [5, 5.41) is 14.4. The Morgan fingerprint density at radius 3 is 2.50 bits per heavy atom. The third-order valence-electron chi connectivity index (χ3n) is 5.70. The minimum Gasteiger partial charge on any atom is -0.338 e. The van der Waals surface area contributed by atoms with Gasteiger partial charge >= 0.3 is 12.2 Å². The van der Waals surface area contributed by atoms with Gasteiger partial charge in [-0.25, -0.2) is 4.79 Å². The largest absolute Gasteiger partial charge is 0.416 e. The first-order valence-electron chi connectivity index (χ1n) is 10.8. The fourth-order valence-electron chi connectivity index (χ4n) is 3.92. The normalized spacial score (nSPS) is 15.2. The van der Waals surface area contributed by atoms with Gasteiger partial charge in [-0.05, 0) is 87.1 Å². The minimum atomic E-state index is -4.29. The van der Waals surface area contributed by atoms with Crippen molar-refractivity contribution in [3.05, 3.63) is 65.2 Å². The van der Waals surface area contributed by atoms with Crippen LogP contribution < -0.4 is 10.6 Å². The van der Waals surface area contributed by atoms with Gasteiger partial charge in [-0.1, -0.05) is 18.2 Å². The van der Waals surface area contributed by atoms with Gasteiger partial charge in [0.1, 0.15) is 0 Å². The van der Waals surface area contributed by atoms with Crippen LogP contribution in [0.2, 0.25) is 0 Å². The number of nitrogens with zero attached hydrogens (tertiary/aromatic N) is 2. The zero-order valence-electron chi connectivity index (χ0n) is 17.8. The van der Waals surface area contributed by atoms with Gasteiger partial charge in [0.2, 0.25) is 0 Å². The van der Waals surface area contributed by atoms with E-state index >= 15 is 0 Å². The molecule has 1 fully saturated rings. The highest BCUT2D eigenvalue weighted by Crippen LogP contribution is 2.30. The zero-order valence-corrected chi connectivity index (χ0v) is 17.8. The Kier molecular flexibility index (Phi) is 8.12. The molecule has 2 amide bonds. The van der Waals surface area contributed by atoms with E-state index in [2.05, 4.69) is 15.5 Å². The molecular weight excluding hydrogens is 417 g/mol. The van der Waals surface area contributed by atoms with Crippen molar-refractivity contribution < 1.29 is 18.0 Å². The molecule has 32 heavy (non-hydrogen) atoms. The van der Waals surface area contributed by atoms with Crippen molar-refractivity contribution in [3.63, 3.8) is 0 Å². The number of alkyl halides is 3. The summed E-state index contributed by atoms with van der Waals surface area (Å²) < 4.78 is 38.0. The molecule has 0 spiro atoms. The van der Waals surface area contributed by atoms with Gasteiger partial charge in [0.05, 0.1) is 17.2 Å². The second-order valence-corrected chi connectivity index (χ2v) is 8.11. The number of likely N-dealkylation sites (tertiary alicyclic amines) is 1. The van der Waals surface area contributed by atoms with Crippen LogP contribution in [0.5, 0.6) is 0 Å². The summed E-state index contributed by atoms with van der Waals surface area (Å²) in [6, 6.07) is 14.0. The van der Waals surface area contributed by atoms with Crippen LogP contribution in [-0.4, -0.2) is 37.1 Å². The predicted molar refractivity (Wildman–Crippen MR) is 117 cm³/mol. The monoisotopic (exact) mass is 444 g/mol. The topological polar surface area (TPSA) is 68.2 Å². The van der Waals surface area contributed by atoms with Crippen molar-refractivity contribution in [2.45, 2.75) is 31.9 Å². The summed E-state index contributed by atoms with van der Waals surface area (Å²) in [5.74, 6) is 0.482. The fourth-order valence-corrected chi connectivity index (χ4v) is 3.92. The van der Waals surface area contributed by atoms with Crippen LogP contribution in [0.25, 0.3) is 0 Å². The first-order valence-corrected chi connectivity index (χ1v) is 10.8. The number of halogens is 3. The number of hydrogen-bond acceptors (Lipinski definition) is 3. The maximum Gasteiger partial charge on any atom is 0.416 e. The van der Waals surface area contributed by atoms with E-state index in [-0.39, 0.29) is 6.03 Å². The number of rotatable bonds is 7. The minimum absolute atomic E-state index is 0.296. The molecule has 2 N–H and O–H groups in total. The first kappa shape index (κ1) is 23.6. The van der Waals surface area contributed by atoms with E-state index in [1.807, 2.05) is 6.07 Å². The lowest BCUT2D eigenvalue weighted by molar-refractivity contribution is -0.137. The summed E-state index contributed by atoms with van der Waals surface area (Å²) in [7, 11) is 0. The van der Waals surface area contributed by atoms with E-state index in [9.17, 15) is 18.0 Å². The lowest BCUT2D eigenvalue weighted by Gasteiger charge is -2.32. The molecule has 2 aromatic rings. The van der Waals surface area contributed by atoms with Crippen molar-refractivity contribution >= 4 is 11.7 Å². The van der Waals surface area contributed by atoms with E-state index in [0.29, 0.717) is 23.7 Å². The molecule has 0 saturated carbocycles. The molecule has 0 atom stereocenters. The molecule has 1 aliphatic rings. The number of carbonyl (C=O) groups excluding carboxylic acids is 1. The summed E-state index contributed by atoms with van der Waals surface area (Å²) in [6.45, 7) is 3.35. The van der Waals surface area contributed by atoms with Crippen molar-refractivity contribution in [1.29, 1.82) is 5.26 Å². The molecule has 5 nitrogen and oxygen atoms in total. The third kappa shape index (κ3) is 7.27. The predicted octanol–water partition coefficient (Wildman–Crippen LogP) is 5.04. The Morgan fingerprint density at radius 1 is 1.12 bits per heavy atom. The Labute approximate surface area is 186 Å². The number of nitriles is 1. The second kappa shape index (κ2) is 11.0. The molecule has 1 saturated heterocycles. The number of piperidine rings is 1. The maximum absolute atomic E-state index is 12.7. The first-order chi connectivity index (χ1) is 15.3. The van der Waals surface area contributed by atoms with E-state index < -0.39 is 11.7 Å². The van der Waals surface area contributed by atoms with Crippen molar-refractivity contribution in [3.8, 4) is 6.07 Å². The van der Waals surface area contributed by atoms with Crippen molar-refractivity contribution in [2.75, 3.05) is 31.5 Å². The number of anilines is 1. The number of urea groups is 1. The Hall–Kier alpha value is -3.05. The van der Waals surface area contributed by atoms with Crippen LogP contribution in [0, 0.1) is 17.2 Å². The van der Waals surface area contributed by atoms with Crippen LogP contribution in [0.3, 0.4) is 0 Å². The van der Waals surface area contributed by atoms with E-state index in [0.717, 1.165) is 63.0 Å². The van der Waals surface area contributed by atoms with Crippen LogP contribution in [0.1, 0.15) is 36.0 Å². The number of hydrogen-bond donors (Lipinski definition) is 2.